The van der Waals surface area contributed by atoms with Crippen LogP contribution in [0.2, 0.25) is 0 Å². The van der Waals surface area contributed by atoms with E-state index in [-0.39, 0.29) is 11.1 Å². The summed E-state index contributed by atoms with van der Waals surface area (Å²) in [7, 11) is -4.31. The maximum Gasteiger partial charge on any atom is 0.356 e. The molecule has 2 aromatic heterocycles. The molecular formula is C23H23N6O4P. The summed E-state index contributed by atoms with van der Waals surface area (Å²) in [5, 5.41) is 16.4. The standard InChI is InChI=1S/C23H23N6O4P/c1-3-29-21(12-15(2)27-29)26-23(30)22-25-19-13-17(14-24)6-9-20(19)28(22)11-10-16-4-7-18(8-5-16)34(31,32)33/h4-9,12-13H,3,10-11H2,1-2H3,(H,26,30)(H2,31,32,33). The Bertz CT molecular complexity index is 1460. The number of aryl methyl sites for hydroxylation is 4. The van der Waals surface area contributed by atoms with Gasteiger partial charge in [0.1, 0.15) is 5.82 Å². The van der Waals surface area contributed by atoms with Gasteiger partial charge in [-0.2, -0.15) is 10.4 Å². The van der Waals surface area contributed by atoms with Crippen molar-refractivity contribution >= 4 is 35.7 Å². The SMILES string of the molecule is CCn1nc(C)cc1NC(=O)c1nc2cc(C#N)ccc2n1CCc1ccc(P(=O)(O)O)cc1. The van der Waals surface area contributed by atoms with Gasteiger partial charge in [0, 0.05) is 19.2 Å². The molecule has 0 bridgehead atoms. The summed E-state index contributed by atoms with van der Waals surface area (Å²) in [5.41, 5.74) is 3.30. The van der Waals surface area contributed by atoms with E-state index >= 15 is 0 Å². The van der Waals surface area contributed by atoms with Crippen molar-refractivity contribution in [2.75, 3.05) is 5.32 Å². The second-order valence-electron chi connectivity index (χ2n) is 7.80. The lowest BCUT2D eigenvalue weighted by Crippen LogP contribution is -2.21. The third-order valence-corrected chi connectivity index (χ3v) is 6.39. The molecule has 2 heterocycles. The zero-order chi connectivity index (χ0) is 24.5. The Morgan fingerprint density at radius 1 is 1.18 bits per heavy atom. The molecule has 10 nitrogen and oxygen atoms in total. The van der Waals surface area contributed by atoms with Gasteiger partial charge in [0.05, 0.1) is 33.7 Å². The number of hydrogen-bond donors (Lipinski definition) is 3. The Morgan fingerprint density at radius 3 is 2.56 bits per heavy atom. The zero-order valence-corrected chi connectivity index (χ0v) is 19.5. The van der Waals surface area contributed by atoms with Crippen LogP contribution in [0, 0.1) is 18.3 Å². The number of imidazole rings is 1. The fourth-order valence-electron chi connectivity index (χ4n) is 3.76. The molecule has 0 aliphatic heterocycles. The number of rotatable bonds is 7. The lowest BCUT2D eigenvalue weighted by molar-refractivity contribution is 0.101. The van der Waals surface area contributed by atoms with Gasteiger partial charge in [-0.25, -0.2) is 9.67 Å². The fraction of sp³-hybridized carbons (Fsp3) is 0.217. The third-order valence-electron chi connectivity index (χ3n) is 5.42. The van der Waals surface area contributed by atoms with Crippen molar-refractivity contribution in [2.24, 2.45) is 0 Å². The van der Waals surface area contributed by atoms with Crippen LogP contribution < -0.4 is 10.6 Å². The quantitative estimate of drug-likeness (QED) is 0.346. The summed E-state index contributed by atoms with van der Waals surface area (Å²) in [4.78, 5) is 36.3. The first-order valence-corrected chi connectivity index (χ1v) is 12.2. The van der Waals surface area contributed by atoms with Gasteiger partial charge in [0.15, 0.2) is 5.82 Å². The molecule has 11 heteroatoms. The summed E-state index contributed by atoms with van der Waals surface area (Å²) in [6, 6.07) is 15.1. The molecular weight excluding hydrogens is 455 g/mol. The summed E-state index contributed by atoms with van der Waals surface area (Å²) < 4.78 is 14.9. The molecule has 2 aromatic carbocycles. The van der Waals surface area contributed by atoms with E-state index in [2.05, 4.69) is 21.5 Å². The topological polar surface area (TPSA) is 146 Å². The van der Waals surface area contributed by atoms with E-state index in [1.807, 2.05) is 13.8 Å². The molecule has 4 rings (SSSR count). The van der Waals surface area contributed by atoms with Crippen LogP contribution in [0.15, 0.2) is 48.5 Å². The van der Waals surface area contributed by atoms with E-state index in [1.165, 1.54) is 12.1 Å². The number of anilines is 1. The van der Waals surface area contributed by atoms with Gasteiger partial charge in [0.25, 0.3) is 5.91 Å². The number of carbonyl (C=O) groups excluding carboxylic acids is 1. The van der Waals surface area contributed by atoms with Gasteiger partial charge in [-0.3, -0.25) is 9.36 Å². The number of amides is 1. The predicted molar refractivity (Wildman–Crippen MR) is 127 cm³/mol. The first kappa shape index (κ1) is 23.4. The Labute approximate surface area is 195 Å². The van der Waals surface area contributed by atoms with Crippen LogP contribution >= 0.6 is 7.60 Å². The van der Waals surface area contributed by atoms with Crippen molar-refractivity contribution in [1.82, 2.24) is 19.3 Å². The van der Waals surface area contributed by atoms with Gasteiger partial charge >= 0.3 is 7.60 Å². The summed E-state index contributed by atoms with van der Waals surface area (Å²) in [6.07, 6.45) is 0.499. The van der Waals surface area contributed by atoms with Crippen molar-refractivity contribution in [2.45, 2.75) is 33.4 Å². The summed E-state index contributed by atoms with van der Waals surface area (Å²) in [6.45, 7) is 4.76. The normalized spacial score (nSPS) is 11.5. The average Bonchev–Trinajstić information content (AvgIpc) is 3.36. The van der Waals surface area contributed by atoms with Gasteiger partial charge in [-0.15, -0.1) is 0 Å². The Morgan fingerprint density at radius 2 is 1.91 bits per heavy atom. The predicted octanol–water partition coefficient (Wildman–Crippen LogP) is 2.73. The molecule has 4 aromatic rings. The molecule has 0 atom stereocenters. The number of nitrogens with zero attached hydrogens (tertiary/aromatic N) is 5. The maximum atomic E-state index is 13.2. The zero-order valence-electron chi connectivity index (χ0n) is 18.6. The minimum Gasteiger partial charge on any atom is -0.321 e. The van der Waals surface area contributed by atoms with E-state index in [1.54, 1.807) is 45.6 Å². The number of hydrogen-bond acceptors (Lipinski definition) is 5. The molecule has 0 aliphatic carbocycles. The number of fused-ring (bicyclic) bond motifs is 1. The number of nitriles is 1. The summed E-state index contributed by atoms with van der Waals surface area (Å²) >= 11 is 0. The van der Waals surface area contributed by atoms with E-state index in [0.717, 1.165) is 11.3 Å². The molecule has 0 saturated heterocycles. The van der Waals surface area contributed by atoms with Crippen LogP contribution in [0.1, 0.15) is 34.4 Å². The Hall–Kier alpha value is -3.77. The Kier molecular flexibility index (Phi) is 6.35. The van der Waals surface area contributed by atoms with Crippen molar-refractivity contribution < 1.29 is 19.1 Å². The lowest BCUT2D eigenvalue weighted by atomic mass is 10.1. The van der Waals surface area contributed by atoms with Crippen molar-refractivity contribution in [3.05, 3.63) is 71.2 Å². The van der Waals surface area contributed by atoms with Crippen LogP contribution in [0.25, 0.3) is 11.0 Å². The van der Waals surface area contributed by atoms with Crippen molar-refractivity contribution in [3.8, 4) is 6.07 Å². The highest BCUT2D eigenvalue weighted by atomic mass is 31.2. The van der Waals surface area contributed by atoms with Crippen LogP contribution in [-0.4, -0.2) is 35.0 Å². The lowest BCUT2D eigenvalue weighted by Gasteiger charge is -2.11. The minimum absolute atomic E-state index is 0.0451. The molecule has 0 radical (unpaired) electrons. The smallest absolute Gasteiger partial charge is 0.321 e. The number of benzene rings is 2. The molecule has 1 amide bonds. The Balaban J connectivity index is 1.66. The number of nitrogens with one attached hydrogen (secondary N) is 1. The van der Waals surface area contributed by atoms with Crippen molar-refractivity contribution in [3.63, 3.8) is 0 Å². The molecule has 0 aliphatic rings. The van der Waals surface area contributed by atoms with E-state index in [4.69, 9.17) is 0 Å². The van der Waals surface area contributed by atoms with Gasteiger partial charge in [0.2, 0.25) is 0 Å². The summed E-state index contributed by atoms with van der Waals surface area (Å²) in [5.74, 6) is 0.355. The highest BCUT2D eigenvalue weighted by Gasteiger charge is 2.20. The molecule has 3 N–H and O–H groups in total. The number of aromatic nitrogens is 4. The van der Waals surface area contributed by atoms with E-state index in [0.29, 0.717) is 41.9 Å². The largest absolute Gasteiger partial charge is 0.356 e. The molecule has 0 unspecified atom stereocenters. The minimum atomic E-state index is -4.31. The molecule has 0 fully saturated rings. The number of carbonyl (C=O) groups is 1. The third kappa shape index (κ3) is 4.77. The highest BCUT2D eigenvalue weighted by Crippen LogP contribution is 2.32. The monoisotopic (exact) mass is 478 g/mol. The fourth-order valence-corrected chi connectivity index (χ4v) is 4.29. The van der Waals surface area contributed by atoms with Crippen LogP contribution in [-0.2, 0) is 24.1 Å². The van der Waals surface area contributed by atoms with Crippen molar-refractivity contribution in [1.29, 1.82) is 5.26 Å². The highest BCUT2D eigenvalue weighted by molar-refractivity contribution is 7.60. The van der Waals surface area contributed by atoms with Crippen LogP contribution in [0.4, 0.5) is 5.82 Å². The second kappa shape index (κ2) is 9.23. The second-order valence-corrected chi connectivity index (χ2v) is 9.41. The van der Waals surface area contributed by atoms with Gasteiger partial charge in [-0.1, -0.05) is 12.1 Å². The van der Waals surface area contributed by atoms with Crippen LogP contribution in [0.5, 0.6) is 0 Å². The molecule has 0 saturated carbocycles. The first-order chi connectivity index (χ1) is 16.2. The first-order valence-electron chi connectivity index (χ1n) is 10.6. The maximum absolute atomic E-state index is 13.2. The van der Waals surface area contributed by atoms with Gasteiger partial charge in [-0.05, 0) is 56.2 Å². The van der Waals surface area contributed by atoms with E-state index in [9.17, 15) is 24.4 Å². The van der Waals surface area contributed by atoms with Crippen LogP contribution in [0.3, 0.4) is 0 Å². The van der Waals surface area contributed by atoms with E-state index < -0.39 is 13.5 Å². The van der Waals surface area contributed by atoms with Gasteiger partial charge < -0.3 is 19.7 Å². The molecule has 174 valence electrons. The molecule has 34 heavy (non-hydrogen) atoms. The average molecular weight is 478 g/mol. The molecule has 0 spiro atoms.